The monoisotopic (exact) mass is 217 g/mol. The summed E-state index contributed by atoms with van der Waals surface area (Å²) < 4.78 is 5.90. The van der Waals surface area contributed by atoms with Gasteiger partial charge < -0.3 is 9.26 Å². The van der Waals surface area contributed by atoms with Crippen LogP contribution in [-0.4, -0.2) is 21.5 Å². The van der Waals surface area contributed by atoms with E-state index in [0.29, 0.717) is 13.2 Å². The molecule has 0 rings (SSSR count). The zero-order valence-electron chi connectivity index (χ0n) is 9.96. The van der Waals surface area contributed by atoms with Gasteiger partial charge in [0.05, 0.1) is 13.2 Å². The normalized spacial score (nSPS) is 13.9. The zero-order valence-corrected chi connectivity index (χ0v) is 11.0. The first-order valence-corrected chi connectivity index (χ1v) is 7.83. The van der Waals surface area contributed by atoms with Crippen LogP contribution in [-0.2, 0) is 9.26 Å². The molecule has 0 aliphatic carbocycles. The molecule has 0 saturated heterocycles. The van der Waals surface area contributed by atoms with Crippen LogP contribution in [0.4, 0.5) is 0 Å². The number of nitrogens with two attached hydrogens (primary N) is 1. The van der Waals surface area contributed by atoms with Crippen molar-refractivity contribution < 1.29 is 9.26 Å². The Labute approximate surface area is 88.4 Å². The Hall–Kier alpha value is -0.163. The minimum Gasteiger partial charge on any atom is -0.413 e. The van der Waals surface area contributed by atoms with Gasteiger partial charge in [0.2, 0.25) is 0 Å². The predicted molar refractivity (Wildman–Crippen MR) is 62.4 cm³/mol. The molecule has 0 spiro atoms. The van der Waals surface area contributed by atoms with Crippen molar-refractivity contribution >= 4 is 8.32 Å². The van der Waals surface area contributed by atoms with Gasteiger partial charge in [0.1, 0.15) is 0 Å². The summed E-state index contributed by atoms with van der Waals surface area (Å²) in [4.78, 5) is 4.41. The fraction of sp³-hybridized carbons (Fsp3) is 0.800. The molecule has 0 saturated carbocycles. The van der Waals surface area contributed by atoms with Gasteiger partial charge in [-0.2, -0.15) is 0 Å². The molecular formula is C10H23NO2Si. The van der Waals surface area contributed by atoms with Gasteiger partial charge >= 0.3 is 0 Å². The first kappa shape index (κ1) is 13.8. The first-order valence-electron chi connectivity index (χ1n) is 4.92. The Morgan fingerprint density at radius 3 is 2.07 bits per heavy atom. The summed E-state index contributed by atoms with van der Waals surface area (Å²) in [6, 6.07) is 0. The van der Waals surface area contributed by atoms with Crippen LogP contribution in [0.1, 0.15) is 20.8 Å². The van der Waals surface area contributed by atoms with Crippen LogP contribution < -0.4 is 5.90 Å². The second-order valence-corrected chi connectivity index (χ2v) is 9.69. The van der Waals surface area contributed by atoms with Crippen molar-refractivity contribution in [3.8, 4) is 0 Å². The van der Waals surface area contributed by atoms with Crippen LogP contribution in [0.15, 0.2) is 12.2 Å². The molecule has 0 aromatic heterocycles. The molecule has 0 aromatic carbocycles. The minimum atomic E-state index is -1.59. The van der Waals surface area contributed by atoms with Gasteiger partial charge in [-0.15, -0.1) is 0 Å². The van der Waals surface area contributed by atoms with Crippen LogP contribution in [0.5, 0.6) is 0 Å². The van der Waals surface area contributed by atoms with Crippen LogP contribution >= 0.6 is 0 Å². The van der Waals surface area contributed by atoms with E-state index in [1.165, 1.54) is 0 Å². The molecule has 0 unspecified atom stereocenters. The lowest BCUT2D eigenvalue weighted by Crippen LogP contribution is -2.40. The predicted octanol–water partition coefficient (Wildman–Crippen LogP) is 2.45. The molecule has 0 aliphatic rings. The van der Waals surface area contributed by atoms with Crippen molar-refractivity contribution in [2.75, 3.05) is 13.2 Å². The van der Waals surface area contributed by atoms with E-state index in [4.69, 9.17) is 10.3 Å². The molecule has 0 heterocycles. The van der Waals surface area contributed by atoms with Gasteiger partial charge in [0.25, 0.3) is 0 Å². The van der Waals surface area contributed by atoms with Crippen molar-refractivity contribution in [2.24, 2.45) is 5.90 Å². The van der Waals surface area contributed by atoms with E-state index in [2.05, 4.69) is 38.7 Å². The lowest BCUT2D eigenvalue weighted by molar-refractivity contribution is 0.167. The lowest BCUT2D eigenvalue weighted by atomic mass is 10.2. The number of hydrogen-bond acceptors (Lipinski definition) is 3. The highest BCUT2D eigenvalue weighted by Crippen LogP contribution is 2.36. The summed E-state index contributed by atoms with van der Waals surface area (Å²) in [6.07, 6.45) is 3.82. The van der Waals surface area contributed by atoms with Crippen molar-refractivity contribution in [1.82, 2.24) is 0 Å². The van der Waals surface area contributed by atoms with Crippen LogP contribution in [0, 0.1) is 0 Å². The quantitative estimate of drug-likeness (QED) is 0.437. The molecule has 0 fully saturated rings. The third kappa shape index (κ3) is 4.90. The smallest absolute Gasteiger partial charge is 0.192 e. The lowest BCUT2D eigenvalue weighted by Gasteiger charge is -2.35. The maximum atomic E-state index is 5.90. The van der Waals surface area contributed by atoms with Crippen molar-refractivity contribution in [1.29, 1.82) is 0 Å². The molecule has 0 radical (unpaired) electrons. The van der Waals surface area contributed by atoms with E-state index in [1.54, 1.807) is 0 Å². The van der Waals surface area contributed by atoms with Crippen molar-refractivity contribution in [2.45, 2.75) is 38.9 Å². The Kier molecular flexibility index (Phi) is 5.59. The summed E-state index contributed by atoms with van der Waals surface area (Å²) in [5, 5.41) is 0.269. The average molecular weight is 217 g/mol. The molecule has 0 amide bonds. The average Bonchev–Trinajstić information content (AvgIpc) is 2.02. The Balaban J connectivity index is 3.89. The van der Waals surface area contributed by atoms with E-state index < -0.39 is 8.32 Å². The van der Waals surface area contributed by atoms with E-state index >= 15 is 0 Å². The van der Waals surface area contributed by atoms with E-state index in [0.717, 1.165) is 0 Å². The molecule has 0 atom stereocenters. The van der Waals surface area contributed by atoms with Crippen LogP contribution in [0.2, 0.25) is 18.1 Å². The van der Waals surface area contributed by atoms with Gasteiger partial charge in [0, 0.05) is 0 Å². The summed E-state index contributed by atoms with van der Waals surface area (Å²) in [7, 11) is -1.59. The molecule has 4 heteroatoms. The second kappa shape index (κ2) is 5.65. The third-order valence-electron chi connectivity index (χ3n) is 2.71. The topological polar surface area (TPSA) is 44.5 Å². The standard InChI is InChI=1S/C10H23NO2Si/c1-10(2,3)14(4,5)13-9-7-6-8-12-11/h6-7H,8-9,11H2,1-5H3/b7-6-. The van der Waals surface area contributed by atoms with Gasteiger partial charge in [-0.3, -0.25) is 0 Å². The van der Waals surface area contributed by atoms with E-state index in [1.807, 2.05) is 12.2 Å². The largest absolute Gasteiger partial charge is 0.413 e. The van der Waals surface area contributed by atoms with Crippen LogP contribution in [0.3, 0.4) is 0 Å². The fourth-order valence-corrected chi connectivity index (χ4v) is 1.61. The summed E-state index contributed by atoms with van der Waals surface area (Å²) >= 11 is 0. The molecule has 3 nitrogen and oxygen atoms in total. The highest BCUT2D eigenvalue weighted by Gasteiger charge is 2.36. The molecule has 0 aromatic rings. The highest BCUT2D eigenvalue weighted by molar-refractivity contribution is 6.74. The molecule has 14 heavy (non-hydrogen) atoms. The zero-order chi connectivity index (χ0) is 11.2. The molecule has 84 valence electrons. The fourth-order valence-electron chi connectivity index (χ4n) is 0.665. The number of rotatable bonds is 5. The SMILES string of the molecule is CC(C)(C)[Si](C)(C)OC/C=C\CON. The summed E-state index contributed by atoms with van der Waals surface area (Å²) in [5.74, 6) is 4.88. The maximum absolute atomic E-state index is 5.90. The maximum Gasteiger partial charge on any atom is 0.192 e. The minimum absolute atomic E-state index is 0.269. The van der Waals surface area contributed by atoms with Gasteiger partial charge in [0.15, 0.2) is 8.32 Å². The molecule has 0 aliphatic heterocycles. The number of hydrogen-bond donors (Lipinski definition) is 1. The Morgan fingerprint density at radius 1 is 1.14 bits per heavy atom. The Bertz CT molecular complexity index is 185. The second-order valence-electron chi connectivity index (χ2n) is 4.88. The van der Waals surface area contributed by atoms with Crippen molar-refractivity contribution in [3.05, 3.63) is 12.2 Å². The first-order chi connectivity index (χ1) is 6.31. The molecule has 0 bridgehead atoms. The molecular weight excluding hydrogens is 194 g/mol. The summed E-state index contributed by atoms with van der Waals surface area (Å²) in [6.45, 7) is 12.3. The van der Waals surface area contributed by atoms with E-state index in [9.17, 15) is 0 Å². The van der Waals surface area contributed by atoms with Crippen LogP contribution in [0.25, 0.3) is 0 Å². The van der Waals surface area contributed by atoms with Gasteiger partial charge in [-0.05, 0) is 18.1 Å². The Morgan fingerprint density at radius 2 is 1.64 bits per heavy atom. The van der Waals surface area contributed by atoms with Gasteiger partial charge in [-0.1, -0.05) is 32.9 Å². The molecule has 2 N–H and O–H groups in total. The summed E-state index contributed by atoms with van der Waals surface area (Å²) in [5.41, 5.74) is 0. The third-order valence-corrected chi connectivity index (χ3v) is 7.21. The highest BCUT2D eigenvalue weighted by atomic mass is 28.4. The van der Waals surface area contributed by atoms with Crippen molar-refractivity contribution in [3.63, 3.8) is 0 Å². The van der Waals surface area contributed by atoms with E-state index in [-0.39, 0.29) is 5.04 Å². The van der Waals surface area contributed by atoms with Gasteiger partial charge in [-0.25, -0.2) is 5.90 Å².